The predicted octanol–water partition coefficient (Wildman–Crippen LogP) is 12.7. The molecule has 5 nitrogen and oxygen atoms in total. The van der Waals surface area contributed by atoms with Gasteiger partial charge in [-0.15, -0.1) is 0 Å². The van der Waals surface area contributed by atoms with Crippen molar-refractivity contribution < 1.29 is 0 Å². The summed E-state index contributed by atoms with van der Waals surface area (Å²) in [4.78, 5) is 15.6. The lowest BCUT2D eigenvalue weighted by atomic mass is 10.0. The SMILES string of the molecule is c1ccc(-c2cccc(-c3nc(-c4ccccc4)nc(-n4c5ccccc5c5cc6c(cc54)c4ccccc4n6-c4cccc(-c5ccccc5)c4)n3)c2)cc1. The van der Waals surface area contributed by atoms with Gasteiger partial charge < -0.3 is 4.57 Å². The lowest BCUT2D eigenvalue weighted by Crippen LogP contribution is -2.06. The van der Waals surface area contributed by atoms with Crippen LogP contribution in [0.3, 0.4) is 0 Å². The van der Waals surface area contributed by atoms with Gasteiger partial charge in [0.05, 0.1) is 22.1 Å². The summed E-state index contributed by atoms with van der Waals surface area (Å²) in [6.07, 6.45) is 0. The molecule has 0 radical (unpaired) electrons. The van der Waals surface area contributed by atoms with Crippen molar-refractivity contribution >= 4 is 43.6 Å². The van der Waals surface area contributed by atoms with Crippen molar-refractivity contribution in [2.45, 2.75) is 0 Å². The maximum absolute atomic E-state index is 5.28. The maximum Gasteiger partial charge on any atom is 0.238 e. The van der Waals surface area contributed by atoms with E-state index in [0.29, 0.717) is 17.6 Å². The molecule has 0 saturated heterocycles. The fourth-order valence-corrected chi connectivity index (χ4v) is 8.16. The quantitative estimate of drug-likeness (QED) is 0.172. The first-order valence-electron chi connectivity index (χ1n) is 18.9. The van der Waals surface area contributed by atoms with Crippen LogP contribution < -0.4 is 0 Å². The van der Waals surface area contributed by atoms with E-state index in [2.05, 4.69) is 185 Å². The molecule has 0 bridgehead atoms. The summed E-state index contributed by atoms with van der Waals surface area (Å²) in [6, 6.07) is 70.4. The zero-order valence-corrected chi connectivity index (χ0v) is 30.3. The molecule has 11 rings (SSSR count). The van der Waals surface area contributed by atoms with Crippen molar-refractivity contribution in [2.24, 2.45) is 0 Å². The monoisotopic (exact) mass is 715 g/mol. The first-order chi connectivity index (χ1) is 27.8. The van der Waals surface area contributed by atoms with E-state index in [-0.39, 0.29) is 0 Å². The number of hydrogen-bond acceptors (Lipinski definition) is 3. The molecule has 0 unspecified atom stereocenters. The third kappa shape index (κ3) is 5.29. The number of para-hydroxylation sites is 2. The fraction of sp³-hybridized carbons (Fsp3) is 0. The summed E-state index contributed by atoms with van der Waals surface area (Å²) in [5.41, 5.74) is 12.0. The van der Waals surface area contributed by atoms with Gasteiger partial charge in [0.1, 0.15) is 0 Å². The third-order valence-electron chi connectivity index (χ3n) is 10.8. The summed E-state index contributed by atoms with van der Waals surface area (Å²) in [5.74, 6) is 1.81. The maximum atomic E-state index is 5.28. The number of aromatic nitrogens is 5. The molecule has 0 spiro atoms. The van der Waals surface area contributed by atoms with E-state index in [4.69, 9.17) is 15.0 Å². The van der Waals surface area contributed by atoms with Crippen molar-refractivity contribution in [3.05, 3.63) is 200 Å². The highest BCUT2D eigenvalue weighted by Gasteiger charge is 2.21. The average molecular weight is 716 g/mol. The van der Waals surface area contributed by atoms with Crippen LogP contribution in [0.15, 0.2) is 200 Å². The molecule has 3 aromatic heterocycles. The normalized spacial score (nSPS) is 11.6. The molecule has 0 amide bonds. The van der Waals surface area contributed by atoms with Gasteiger partial charge in [0.25, 0.3) is 0 Å². The second kappa shape index (κ2) is 13.0. The molecule has 3 heterocycles. The van der Waals surface area contributed by atoms with E-state index in [0.717, 1.165) is 66.2 Å². The molecule has 0 aliphatic heterocycles. The molecule has 11 aromatic rings. The highest BCUT2D eigenvalue weighted by atomic mass is 15.2. The highest BCUT2D eigenvalue weighted by molar-refractivity contribution is 6.19. The van der Waals surface area contributed by atoms with Gasteiger partial charge in [0.15, 0.2) is 11.6 Å². The Kier molecular flexibility index (Phi) is 7.42. The molecule has 0 fully saturated rings. The summed E-state index contributed by atoms with van der Waals surface area (Å²) in [5, 5.41) is 4.61. The molecular weight excluding hydrogens is 683 g/mol. The Labute approximate surface area is 323 Å². The molecule has 0 N–H and O–H groups in total. The number of fused-ring (bicyclic) bond motifs is 6. The van der Waals surface area contributed by atoms with Gasteiger partial charge in [-0.05, 0) is 64.7 Å². The Balaban J connectivity index is 1.17. The molecular formula is C51H33N5. The lowest BCUT2D eigenvalue weighted by molar-refractivity contribution is 0.954. The van der Waals surface area contributed by atoms with E-state index in [9.17, 15) is 0 Å². The van der Waals surface area contributed by atoms with Crippen LogP contribution in [0.2, 0.25) is 0 Å². The molecule has 0 aliphatic rings. The van der Waals surface area contributed by atoms with Crippen LogP contribution in [-0.4, -0.2) is 24.1 Å². The molecule has 56 heavy (non-hydrogen) atoms. The topological polar surface area (TPSA) is 48.5 Å². The first-order valence-corrected chi connectivity index (χ1v) is 18.9. The molecule has 8 aromatic carbocycles. The lowest BCUT2D eigenvalue weighted by Gasteiger charge is -2.12. The van der Waals surface area contributed by atoms with E-state index in [1.807, 2.05) is 24.3 Å². The van der Waals surface area contributed by atoms with Crippen LogP contribution in [0.5, 0.6) is 0 Å². The largest absolute Gasteiger partial charge is 0.309 e. The number of nitrogens with zero attached hydrogens (tertiary/aromatic N) is 5. The summed E-state index contributed by atoms with van der Waals surface area (Å²) < 4.78 is 4.61. The minimum Gasteiger partial charge on any atom is -0.309 e. The molecule has 5 heteroatoms. The minimum atomic E-state index is 0.573. The first kappa shape index (κ1) is 31.9. The van der Waals surface area contributed by atoms with E-state index >= 15 is 0 Å². The van der Waals surface area contributed by atoms with Crippen molar-refractivity contribution in [2.75, 3.05) is 0 Å². The Morgan fingerprint density at radius 2 is 0.714 bits per heavy atom. The van der Waals surface area contributed by atoms with Gasteiger partial charge in [-0.25, -0.2) is 4.98 Å². The Morgan fingerprint density at radius 3 is 1.34 bits per heavy atom. The minimum absolute atomic E-state index is 0.573. The van der Waals surface area contributed by atoms with Crippen LogP contribution in [0.4, 0.5) is 0 Å². The van der Waals surface area contributed by atoms with Gasteiger partial charge in [-0.3, -0.25) is 4.57 Å². The third-order valence-corrected chi connectivity index (χ3v) is 10.8. The van der Waals surface area contributed by atoms with Crippen LogP contribution in [-0.2, 0) is 0 Å². The number of hydrogen-bond donors (Lipinski definition) is 0. The van der Waals surface area contributed by atoms with Gasteiger partial charge in [0.2, 0.25) is 5.95 Å². The van der Waals surface area contributed by atoms with Crippen LogP contribution >= 0.6 is 0 Å². The van der Waals surface area contributed by atoms with Gasteiger partial charge in [-0.1, -0.05) is 158 Å². The van der Waals surface area contributed by atoms with Crippen molar-refractivity contribution in [1.82, 2.24) is 24.1 Å². The summed E-state index contributed by atoms with van der Waals surface area (Å²) >= 11 is 0. The van der Waals surface area contributed by atoms with E-state index in [1.165, 1.54) is 16.5 Å². The van der Waals surface area contributed by atoms with Crippen LogP contribution in [0, 0.1) is 0 Å². The molecule has 0 saturated carbocycles. The zero-order valence-electron chi connectivity index (χ0n) is 30.3. The molecule has 0 atom stereocenters. The van der Waals surface area contributed by atoms with Crippen molar-refractivity contribution in [3.8, 4) is 56.7 Å². The zero-order chi connectivity index (χ0) is 37.0. The molecule has 0 aliphatic carbocycles. The Bertz CT molecular complexity index is 3240. The van der Waals surface area contributed by atoms with Gasteiger partial charge in [0, 0.05) is 38.4 Å². The molecule has 262 valence electrons. The van der Waals surface area contributed by atoms with Gasteiger partial charge in [-0.2, -0.15) is 9.97 Å². The van der Waals surface area contributed by atoms with E-state index < -0.39 is 0 Å². The standard InChI is InChI=1S/C51H33N5/c1-4-16-34(17-5-1)37-22-14-24-39(30-37)50-52-49(36-20-8-3-9-21-36)53-51(54-50)56-46-29-13-11-27-42(46)44-32-47-43(33-48(44)56)41-26-10-12-28-45(41)55(47)40-25-15-23-38(31-40)35-18-6-2-7-19-35/h1-33H. The smallest absolute Gasteiger partial charge is 0.238 e. The highest BCUT2D eigenvalue weighted by Crippen LogP contribution is 2.40. The van der Waals surface area contributed by atoms with E-state index in [1.54, 1.807) is 0 Å². The summed E-state index contributed by atoms with van der Waals surface area (Å²) in [6.45, 7) is 0. The average Bonchev–Trinajstić information content (AvgIpc) is 3.78. The van der Waals surface area contributed by atoms with Crippen molar-refractivity contribution in [3.63, 3.8) is 0 Å². The summed E-state index contributed by atoms with van der Waals surface area (Å²) in [7, 11) is 0. The van der Waals surface area contributed by atoms with Crippen LogP contribution in [0.25, 0.3) is 100 Å². The van der Waals surface area contributed by atoms with Gasteiger partial charge >= 0.3 is 0 Å². The predicted molar refractivity (Wildman–Crippen MR) is 230 cm³/mol. The fourth-order valence-electron chi connectivity index (χ4n) is 8.16. The second-order valence-electron chi connectivity index (χ2n) is 14.1. The van der Waals surface area contributed by atoms with Crippen molar-refractivity contribution in [1.29, 1.82) is 0 Å². The Hall–Kier alpha value is -7.63. The number of rotatable bonds is 6. The Morgan fingerprint density at radius 1 is 0.268 bits per heavy atom. The number of benzene rings is 8. The van der Waals surface area contributed by atoms with Crippen LogP contribution in [0.1, 0.15) is 0 Å². The second-order valence-corrected chi connectivity index (χ2v) is 14.1.